The van der Waals surface area contributed by atoms with Crippen molar-refractivity contribution in [3.63, 3.8) is 0 Å². The molecule has 0 heterocycles. The molecule has 0 saturated heterocycles. The standard InChI is InChI=1S/C10H13FO2/c1-7-4-3-5-8(9(11)6-12)10(7)13-2/h3-5,9,12H,6H2,1-2H3. The van der Waals surface area contributed by atoms with Crippen LogP contribution in [0.3, 0.4) is 0 Å². The highest BCUT2D eigenvalue weighted by Gasteiger charge is 2.14. The molecule has 0 amide bonds. The summed E-state index contributed by atoms with van der Waals surface area (Å²) in [5.74, 6) is 0.518. The Morgan fingerprint density at radius 2 is 2.23 bits per heavy atom. The lowest BCUT2D eigenvalue weighted by Gasteiger charge is -2.12. The number of benzene rings is 1. The maximum atomic E-state index is 13.2. The summed E-state index contributed by atoms with van der Waals surface area (Å²) in [6.07, 6.45) is -1.37. The van der Waals surface area contributed by atoms with Gasteiger partial charge in [0.05, 0.1) is 13.7 Å². The molecule has 0 aromatic heterocycles. The molecule has 2 nitrogen and oxygen atoms in total. The van der Waals surface area contributed by atoms with Crippen LogP contribution in [0, 0.1) is 6.92 Å². The first-order valence-corrected chi connectivity index (χ1v) is 4.09. The first kappa shape index (κ1) is 9.99. The number of para-hydroxylation sites is 1. The third-order valence-corrected chi connectivity index (χ3v) is 1.94. The van der Waals surface area contributed by atoms with Crippen LogP contribution in [0.5, 0.6) is 5.75 Å². The van der Waals surface area contributed by atoms with E-state index in [4.69, 9.17) is 9.84 Å². The SMILES string of the molecule is COc1c(C)cccc1C(F)CO. The third kappa shape index (κ3) is 1.98. The number of methoxy groups -OCH3 is 1. The average molecular weight is 184 g/mol. The van der Waals surface area contributed by atoms with Gasteiger partial charge in [0.2, 0.25) is 0 Å². The minimum absolute atomic E-state index is 0.407. The highest BCUT2D eigenvalue weighted by Crippen LogP contribution is 2.30. The van der Waals surface area contributed by atoms with Crippen LogP contribution < -0.4 is 4.74 Å². The Balaban J connectivity index is 3.12. The molecule has 1 rings (SSSR count). The van der Waals surface area contributed by atoms with E-state index in [1.807, 2.05) is 13.0 Å². The number of alkyl halides is 1. The van der Waals surface area contributed by atoms with Gasteiger partial charge in [-0.3, -0.25) is 0 Å². The van der Waals surface area contributed by atoms with E-state index in [9.17, 15) is 4.39 Å². The predicted octanol–water partition coefficient (Wildman–Crippen LogP) is 2.01. The largest absolute Gasteiger partial charge is 0.496 e. The van der Waals surface area contributed by atoms with Crippen LogP contribution in [-0.4, -0.2) is 18.8 Å². The van der Waals surface area contributed by atoms with Crippen molar-refractivity contribution in [3.05, 3.63) is 29.3 Å². The summed E-state index contributed by atoms with van der Waals surface area (Å²) >= 11 is 0. The van der Waals surface area contributed by atoms with Gasteiger partial charge < -0.3 is 9.84 Å². The van der Waals surface area contributed by atoms with E-state index in [1.165, 1.54) is 7.11 Å². The quantitative estimate of drug-likeness (QED) is 0.778. The number of aliphatic hydroxyl groups excluding tert-OH is 1. The van der Waals surface area contributed by atoms with Crippen LogP contribution in [0.25, 0.3) is 0 Å². The van der Waals surface area contributed by atoms with Gasteiger partial charge in [-0.15, -0.1) is 0 Å². The number of hydrogen-bond donors (Lipinski definition) is 1. The molecule has 0 aliphatic carbocycles. The molecule has 0 saturated carbocycles. The minimum Gasteiger partial charge on any atom is -0.496 e. The van der Waals surface area contributed by atoms with Gasteiger partial charge in [-0.25, -0.2) is 4.39 Å². The molecular weight excluding hydrogens is 171 g/mol. The Bertz CT molecular complexity index is 286. The van der Waals surface area contributed by atoms with E-state index in [0.29, 0.717) is 11.3 Å². The lowest BCUT2D eigenvalue weighted by molar-refractivity contribution is 0.176. The summed E-state index contributed by atoms with van der Waals surface area (Å²) < 4.78 is 18.2. The van der Waals surface area contributed by atoms with Gasteiger partial charge in [0.15, 0.2) is 6.17 Å². The number of hydrogen-bond acceptors (Lipinski definition) is 2. The van der Waals surface area contributed by atoms with Crippen molar-refractivity contribution in [2.45, 2.75) is 13.1 Å². The van der Waals surface area contributed by atoms with E-state index in [1.54, 1.807) is 12.1 Å². The molecule has 1 atom stereocenters. The maximum absolute atomic E-state index is 13.2. The topological polar surface area (TPSA) is 29.5 Å². The number of halogens is 1. The number of rotatable bonds is 3. The Labute approximate surface area is 77.0 Å². The lowest BCUT2D eigenvalue weighted by atomic mass is 10.1. The fourth-order valence-corrected chi connectivity index (χ4v) is 1.30. The molecular formula is C10H13FO2. The second-order valence-corrected chi connectivity index (χ2v) is 2.85. The van der Waals surface area contributed by atoms with Crippen molar-refractivity contribution in [2.75, 3.05) is 13.7 Å². The first-order chi connectivity index (χ1) is 6.20. The zero-order valence-corrected chi connectivity index (χ0v) is 7.75. The van der Waals surface area contributed by atoms with Crippen LogP contribution >= 0.6 is 0 Å². The van der Waals surface area contributed by atoms with Crippen molar-refractivity contribution >= 4 is 0 Å². The van der Waals surface area contributed by atoms with Crippen LogP contribution in [-0.2, 0) is 0 Å². The van der Waals surface area contributed by atoms with Crippen LogP contribution in [0.4, 0.5) is 4.39 Å². The van der Waals surface area contributed by atoms with Gasteiger partial charge in [-0.05, 0) is 12.5 Å². The predicted molar refractivity (Wildman–Crippen MR) is 48.7 cm³/mol. The molecule has 1 unspecified atom stereocenters. The van der Waals surface area contributed by atoms with Crippen molar-refractivity contribution in [3.8, 4) is 5.75 Å². The fraction of sp³-hybridized carbons (Fsp3) is 0.400. The minimum atomic E-state index is -1.37. The molecule has 0 aliphatic rings. The summed E-state index contributed by atoms with van der Waals surface area (Å²) in [7, 11) is 1.50. The molecule has 0 fully saturated rings. The molecule has 1 N–H and O–H groups in total. The summed E-state index contributed by atoms with van der Waals surface area (Å²) in [4.78, 5) is 0. The monoisotopic (exact) mass is 184 g/mol. The molecule has 72 valence electrons. The Morgan fingerprint density at radius 3 is 2.77 bits per heavy atom. The van der Waals surface area contributed by atoms with E-state index < -0.39 is 12.8 Å². The zero-order valence-electron chi connectivity index (χ0n) is 7.75. The summed E-state index contributed by atoms with van der Waals surface area (Å²) in [6, 6.07) is 5.20. The fourth-order valence-electron chi connectivity index (χ4n) is 1.30. The van der Waals surface area contributed by atoms with Crippen LogP contribution in [0.15, 0.2) is 18.2 Å². The van der Waals surface area contributed by atoms with Crippen molar-refractivity contribution in [2.24, 2.45) is 0 Å². The first-order valence-electron chi connectivity index (χ1n) is 4.09. The van der Waals surface area contributed by atoms with Gasteiger partial charge >= 0.3 is 0 Å². The lowest BCUT2D eigenvalue weighted by Crippen LogP contribution is -2.01. The number of aryl methyl sites for hydroxylation is 1. The third-order valence-electron chi connectivity index (χ3n) is 1.94. The number of aliphatic hydroxyl groups is 1. The molecule has 0 aliphatic heterocycles. The maximum Gasteiger partial charge on any atom is 0.152 e. The Kier molecular flexibility index (Phi) is 3.25. The molecule has 0 spiro atoms. The Morgan fingerprint density at radius 1 is 1.54 bits per heavy atom. The Hall–Kier alpha value is -1.09. The number of ether oxygens (including phenoxy) is 1. The zero-order chi connectivity index (χ0) is 9.84. The molecule has 0 bridgehead atoms. The van der Waals surface area contributed by atoms with E-state index in [0.717, 1.165) is 5.56 Å². The van der Waals surface area contributed by atoms with Crippen LogP contribution in [0.1, 0.15) is 17.3 Å². The van der Waals surface area contributed by atoms with Gasteiger partial charge in [-0.1, -0.05) is 18.2 Å². The summed E-state index contributed by atoms with van der Waals surface area (Å²) in [5.41, 5.74) is 1.28. The summed E-state index contributed by atoms with van der Waals surface area (Å²) in [6.45, 7) is 1.33. The molecule has 3 heteroatoms. The molecule has 13 heavy (non-hydrogen) atoms. The summed E-state index contributed by atoms with van der Waals surface area (Å²) in [5, 5.41) is 8.67. The van der Waals surface area contributed by atoms with E-state index in [2.05, 4.69) is 0 Å². The molecule has 1 aromatic carbocycles. The van der Waals surface area contributed by atoms with Crippen molar-refractivity contribution in [1.29, 1.82) is 0 Å². The second-order valence-electron chi connectivity index (χ2n) is 2.85. The smallest absolute Gasteiger partial charge is 0.152 e. The van der Waals surface area contributed by atoms with Gasteiger partial charge in [-0.2, -0.15) is 0 Å². The van der Waals surface area contributed by atoms with Gasteiger partial charge in [0.25, 0.3) is 0 Å². The highest BCUT2D eigenvalue weighted by molar-refractivity contribution is 5.42. The van der Waals surface area contributed by atoms with Crippen molar-refractivity contribution in [1.82, 2.24) is 0 Å². The van der Waals surface area contributed by atoms with Crippen molar-refractivity contribution < 1.29 is 14.2 Å². The van der Waals surface area contributed by atoms with E-state index >= 15 is 0 Å². The normalized spacial score (nSPS) is 12.6. The van der Waals surface area contributed by atoms with E-state index in [-0.39, 0.29) is 0 Å². The van der Waals surface area contributed by atoms with Gasteiger partial charge in [0, 0.05) is 5.56 Å². The highest BCUT2D eigenvalue weighted by atomic mass is 19.1. The molecule has 0 radical (unpaired) electrons. The van der Waals surface area contributed by atoms with Gasteiger partial charge in [0.1, 0.15) is 5.75 Å². The second kappa shape index (κ2) is 4.23. The van der Waals surface area contributed by atoms with Crippen LogP contribution in [0.2, 0.25) is 0 Å². The average Bonchev–Trinajstić information content (AvgIpc) is 2.16. The molecule has 1 aromatic rings.